The Morgan fingerprint density at radius 1 is 1.17 bits per heavy atom. The summed E-state index contributed by atoms with van der Waals surface area (Å²) in [6.45, 7) is 4.68. The molecule has 6 heteroatoms. The van der Waals surface area contributed by atoms with Crippen molar-refractivity contribution < 1.29 is 4.42 Å². The number of guanidine groups is 1. The van der Waals surface area contributed by atoms with Gasteiger partial charge in [0.25, 0.3) is 0 Å². The summed E-state index contributed by atoms with van der Waals surface area (Å²) in [5, 5.41) is 6.92. The van der Waals surface area contributed by atoms with Gasteiger partial charge in [0.2, 0.25) is 5.89 Å². The van der Waals surface area contributed by atoms with Crippen LogP contribution in [0.5, 0.6) is 0 Å². The second kappa shape index (κ2) is 9.48. The molecule has 156 valence electrons. The fourth-order valence-electron chi connectivity index (χ4n) is 3.75. The van der Waals surface area contributed by atoms with Crippen molar-refractivity contribution in [2.45, 2.75) is 32.4 Å². The van der Waals surface area contributed by atoms with Gasteiger partial charge in [0.1, 0.15) is 6.26 Å². The first kappa shape index (κ1) is 20.0. The molecular formula is C24H29N5O. The largest absolute Gasteiger partial charge is 0.444 e. The second-order valence-electron chi connectivity index (χ2n) is 7.70. The second-order valence-corrected chi connectivity index (χ2v) is 7.70. The van der Waals surface area contributed by atoms with Crippen LogP contribution in [0.4, 0.5) is 5.69 Å². The average molecular weight is 404 g/mol. The van der Waals surface area contributed by atoms with Crippen molar-refractivity contribution in [1.29, 1.82) is 0 Å². The minimum absolute atomic E-state index is 0.352. The molecule has 4 rings (SSSR count). The number of rotatable bonds is 5. The fraction of sp³-hybridized carbons (Fsp3) is 0.333. The van der Waals surface area contributed by atoms with E-state index in [4.69, 9.17) is 4.42 Å². The van der Waals surface area contributed by atoms with Gasteiger partial charge in [0.05, 0.1) is 12.2 Å². The lowest BCUT2D eigenvalue weighted by molar-refractivity contribution is 0.468. The van der Waals surface area contributed by atoms with E-state index in [1.165, 1.54) is 11.3 Å². The summed E-state index contributed by atoms with van der Waals surface area (Å²) in [6, 6.07) is 19.1. The highest BCUT2D eigenvalue weighted by molar-refractivity contribution is 5.80. The number of piperidine rings is 1. The summed E-state index contributed by atoms with van der Waals surface area (Å²) in [6.07, 6.45) is 3.99. The Balaban J connectivity index is 1.31. The van der Waals surface area contributed by atoms with Crippen LogP contribution >= 0.6 is 0 Å². The predicted molar refractivity (Wildman–Crippen MR) is 122 cm³/mol. The summed E-state index contributed by atoms with van der Waals surface area (Å²) in [5.41, 5.74) is 4.33. The van der Waals surface area contributed by atoms with E-state index in [0.29, 0.717) is 18.5 Å². The van der Waals surface area contributed by atoms with Crippen molar-refractivity contribution in [3.8, 4) is 11.5 Å². The quantitative estimate of drug-likeness (QED) is 0.498. The number of hydrogen-bond acceptors (Lipinski definition) is 4. The maximum absolute atomic E-state index is 5.65. The van der Waals surface area contributed by atoms with Crippen molar-refractivity contribution in [2.24, 2.45) is 4.99 Å². The van der Waals surface area contributed by atoms with Gasteiger partial charge in [-0.25, -0.2) is 4.98 Å². The van der Waals surface area contributed by atoms with Gasteiger partial charge in [-0.1, -0.05) is 35.9 Å². The maximum atomic E-state index is 5.65. The molecule has 2 aromatic carbocycles. The van der Waals surface area contributed by atoms with Crippen LogP contribution in [0, 0.1) is 6.92 Å². The molecule has 0 amide bonds. The number of hydrogen-bond donors (Lipinski definition) is 2. The molecule has 1 fully saturated rings. The van der Waals surface area contributed by atoms with Gasteiger partial charge in [0, 0.05) is 37.4 Å². The number of aromatic nitrogens is 1. The van der Waals surface area contributed by atoms with Crippen molar-refractivity contribution in [1.82, 2.24) is 15.6 Å². The third kappa shape index (κ3) is 5.00. The van der Waals surface area contributed by atoms with Gasteiger partial charge in [-0.15, -0.1) is 0 Å². The number of nitrogens with zero attached hydrogens (tertiary/aromatic N) is 3. The SMILES string of the molecule is CN=C(NCc1coc(-c2ccc(C)cc2)n1)NC1CCCN(c2ccccc2)C1. The van der Waals surface area contributed by atoms with Crippen molar-refractivity contribution >= 4 is 11.6 Å². The lowest BCUT2D eigenvalue weighted by Crippen LogP contribution is -2.51. The highest BCUT2D eigenvalue weighted by Crippen LogP contribution is 2.20. The van der Waals surface area contributed by atoms with E-state index in [9.17, 15) is 0 Å². The van der Waals surface area contributed by atoms with Crippen LogP contribution < -0.4 is 15.5 Å². The molecule has 1 aromatic heterocycles. The molecule has 6 nitrogen and oxygen atoms in total. The molecule has 0 aliphatic carbocycles. The highest BCUT2D eigenvalue weighted by Gasteiger charge is 2.21. The number of benzene rings is 2. The number of oxazole rings is 1. The van der Waals surface area contributed by atoms with Crippen molar-refractivity contribution in [3.63, 3.8) is 0 Å². The molecule has 1 aliphatic heterocycles. The molecule has 0 saturated carbocycles. The molecule has 0 radical (unpaired) electrons. The number of aryl methyl sites for hydroxylation is 1. The molecule has 3 aromatic rings. The van der Waals surface area contributed by atoms with Crippen LogP contribution in [0.1, 0.15) is 24.1 Å². The third-order valence-electron chi connectivity index (χ3n) is 5.39. The molecule has 1 unspecified atom stereocenters. The minimum atomic E-state index is 0.352. The molecule has 0 spiro atoms. The Hall–Kier alpha value is -3.28. The Morgan fingerprint density at radius 2 is 1.97 bits per heavy atom. The van der Waals surface area contributed by atoms with E-state index in [-0.39, 0.29) is 0 Å². The molecule has 1 atom stereocenters. The van der Waals surface area contributed by atoms with Gasteiger partial charge >= 0.3 is 0 Å². The zero-order valence-electron chi connectivity index (χ0n) is 17.6. The molecule has 1 aliphatic rings. The standard InChI is InChI=1S/C24H29N5O/c1-18-10-12-19(13-11-18)23-27-21(17-30-23)15-26-24(25-2)28-20-7-6-14-29(16-20)22-8-4-3-5-9-22/h3-5,8-13,17,20H,6-7,14-16H2,1-2H3,(H2,25,26,28). The van der Waals surface area contributed by atoms with Crippen molar-refractivity contribution in [2.75, 3.05) is 25.0 Å². The Morgan fingerprint density at radius 3 is 2.73 bits per heavy atom. The minimum Gasteiger partial charge on any atom is -0.444 e. The van der Waals surface area contributed by atoms with E-state index in [2.05, 4.69) is 74.9 Å². The van der Waals surface area contributed by atoms with Gasteiger partial charge in [-0.2, -0.15) is 0 Å². The van der Waals surface area contributed by atoms with Gasteiger partial charge in [0.15, 0.2) is 5.96 Å². The number of nitrogens with one attached hydrogen (secondary N) is 2. The smallest absolute Gasteiger partial charge is 0.226 e. The fourth-order valence-corrected chi connectivity index (χ4v) is 3.75. The zero-order valence-corrected chi connectivity index (χ0v) is 17.6. The van der Waals surface area contributed by atoms with Crippen LogP contribution in [0.3, 0.4) is 0 Å². The van der Waals surface area contributed by atoms with E-state index < -0.39 is 0 Å². The monoisotopic (exact) mass is 403 g/mol. The van der Waals surface area contributed by atoms with Gasteiger partial charge in [-0.05, 0) is 44.0 Å². The third-order valence-corrected chi connectivity index (χ3v) is 5.39. The van der Waals surface area contributed by atoms with E-state index in [1.54, 1.807) is 13.3 Å². The first-order chi connectivity index (χ1) is 14.7. The summed E-state index contributed by atoms with van der Waals surface area (Å²) in [5.74, 6) is 1.43. The Bertz CT molecular complexity index is 965. The molecule has 0 bridgehead atoms. The highest BCUT2D eigenvalue weighted by atomic mass is 16.3. The maximum Gasteiger partial charge on any atom is 0.226 e. The van der Waals surface area contributed by atoms with Crippen LogP contribution in [-0.4, -0.2) is 37.1 Å². The molecule has 2 heterocycles. The topological polar surface area (TPSA) is 65.7 Å². The van der Waals surface area contributed by atoms with Gasteiger partial charge in [-0.3, -0.25) is 4.99 Å². The molecule has 2 N–H and O–H groups in total. The first-order valence-electron chi connectivity index (χ1n) is 10.5. The van der Waals surface area contributed by atoms with Crippen molar-refractivity contribution in [3.05, 3.63) is 72.1 Å². The average Bonchev–Trinajstić information content (AvgIpc) is 3.27. The Labute approximate surface area is 178 Å². The van der Waals surface area contributed by atoms with Crippen LogP contribution in [0.15, 0.2) is 70.3 Å². The normalized spacial score (nSPS) is 17.1. The van der Waals surface area contributed by atoms with Crippen LogP contribution in [0.25, 0.3) is 11.5 Å². The number of anilines is 1. The van der Waals surface area contributed by atoms with Crippen LogP contribution in [-0.2, 0) is 6.54 Å². The molecular weight excluding hydrogens is 374 g/mol. The van der Waals surface area contributed by atoms with Gasteiger partial charge < -0.3 is 20.0 Å². The summed E-state index contributed by atoms with van der Waals surface area (Å²) < 4.78 is 5.65. The van der Waals surface area contributed by atoms with Crippen LogP contribution in [0.2, 0.25) is 0 Å². The summed E-state index contributed by atoms with van der Waals surface area (Å²) in [7, 11) is 1.80. The molecule has 30 heavy (non-hydrogen) atoms. The number of para-hydroxylation sites is 1. The predicted octanol–water partition coefficient (Wildman–Crippen LogP) is 3.98. The molecule has 1 saturated heterocycles. The lowest BCUT2D eigenvalue weighted by atomic mass is 10.1. The number of aliphatic imine (C=N–C) groups is 1. The summed E-state index contributed by atoms with van der Waals surface area (Å²) in [4.78, 5) is 11.4. The first-order valence-corrected chi connectivity index (χ1v) is 10.5. The Kier molecular flexibility index (Phi) is 6.32. The lowest BCUT2D eigenvalue weighted by Gasteiger charge is -2.35. The van der Waals surface area contributed by atoms with E-state index >= 15 is 0 Å². The van der Waals surface area contributed by atoms with E-state index in [1.807, 2.05) is 12.1 Å². The zero-order chi connectivity index (χ0) is 20.8. The van der Waals surface area contributed by atoms with E-state index in [0.717, 1.165) is 43.1 Å². The summed E-state index contributed by atoms with van der Waals surface area (Å²) >= 11 is 0.